The van der Waals surface area contributed by atoms with Gasteiger partial charge in [-0.3, -0.25) is 9.69 Å². The van der Waals surface area contributed by atoms with Crippen LogP contribution in [-0.2, 0) is 4.79 Å². The molecule has 0 saturated carbocycles. The van der Waals surface area contributed by atoms with Gasteiger partial charge in [-0.25, -0.2) is 0 Å². The van der Waals surface area contributed by atoms with Gasteiger partial charge >= 0.3 is 0 Å². The van der Waals surface area contributed by atoms with Gasteiger partial charge in [0.05, 0.1) is 5.92 Å². The largest absolute Gasteiger partial charge is 0.492 e. The van der Waals surface area contributed by atoms with Crippen molar-refractivity contribution in [3.05, 3.63) is 24.3 Å². The van der Waals surface area contributed by atoms with Crippen molar-refractivity contribution in [3.63, 3.8) is 0 Å². The number of ether oxygens (including phenoxy) is 1. The molecule has 104 valence electrons. The second kappa shape index (κ2) is 6.43. The van der Waals surface area contributed by atoms with Crippen molar-refractivity contribution in [1.29, 1.82) is 0 Å². The first-order chi connectivity index (χ1) is 9.15. The van der Waals surface area contributed by atoms with E-state index >= 15 is 0 Å². The van der Waals surface area contributed by atoms with Crippen molar-refractivity contribution in [1.82, 2.24) is 4.90 Å². The molecule has 5 nitrogen and oxygen atoms in total. The maximum absolute atomic E-state index is 11.2. The maximum Gasteiger partial charge on any atom is 0.221 e. The van der Waals surface area contributed by atoms with Crippen molar-refractivity contribution < 1.29 is 9.53 Å². The molecule has 0 aliphatic carbocycles. The van der Waals surface area contributed by atoms with E-state index in [4.69, 9.17) is 16.2 Å². The van der Waals surface area contributed by atoms with Gasteiger partial charge in [0.15, 0.2) is 0 Å². The molecule has 1 unspecified atom stereocenters. The Bertz CT molecular complexity index is 436. The Balaban J connectivity index is 1.75. The molecule has 1 atom stereocenters. The Hall–Kier alpha value is -1.75. The van der Waals surface area contributed by atoms with Gasteiger partial charge in [0.2, 0.25) is 5.91 Å². The average Bonchev–Trinajstić information content (AvgIpc) is 2.39. The molecule has 2 rings (SSSR count). The lowest BCUT2D eigenvalue weighted by Crippen LogP contribution is -2.42. The standard InChI is InChI=1S/C14H21N3O2/c15-12-4-1-5-13(9-12)19-8-7-17-6-2-3-11(10-17)14(16)18/h1,4-5,9,11H,2-3,6-8,10,15H2,(H2,16,18). The van der Waals surface area contributed by atoms with Gasteiger partial charge in [-0.05, 0) is 31.5 Å². The summed E-state index contributed by atoms with van der Waals surface area (Å²) in [5.74, 6) is 0.575. The normalized spacial score (nSPS) is 20.1. The summed E-state index contributed by atoms with van der Waals surface area (Å²) in [5, 5.41) is 0. The summed E-state index contributed by atoms with van der Waals surface area (Å²) in [5.41, 5.74) is 11.7. The highest BCUT2D eigenvalue weighted by Gasteiger charge is 2.23. The molecule has 1 aromatic rings. The number of likely N-dealkylation sites (tertiary alicyclic amines) is 1. The lowest BCUT2D eigenvalue weighted by atomic mass is 9.98. The van der Waals surface area contributed by atoms with Gasteiger partial charge < -0.3 is 16.2 Å². The molecule has 1 aromatic carbocycles. The number of carbonyl (C=O) groups excluding carboxylic acids is 1. The molecule has 4 N–H and O–H groups in total. The van der Waals surface area contributed by atoms with E-state index < -0.39 is 0 Å². The first kappa shape index (κ1) is 13.7. The number of hydrogen-bond donors (Lipinski definition) is 2. The molecule has 1 aliphatic heterocycles. The first-order valence-electron chi connectivity index (χ1n) is 6.65. The highest BCUT2D eigenvalue weighted by Crippen LogP contribution is 2.17. The van der Waals surface area contributed by atoms with Crippen molar-refractivity contribution in [2.75, 3.05) is 32.0 Å². The number of piperidine rings is 1. The number of benzene rings is 1. The molecular formula is C14H21N3O2. The van der Waals surface area contributed by atoms with Crippen molar-refractivity contribution in [3.8, 4) is 5.75 Å². The van der Waals surface area contributed by atoms with Crippen molar-refractivity contribution in [2.24, 2.45) is 11.7 Å². The molecule has 1 fully saturated rings. The maximum atomic E-state index is 11.2. The molecule has 19 heavy (non-hydrogen) atoms. The van der Waals surface area contributed by atoms with E-state index in [0.29, 0.717) is 12.3 Å². The summed E-state index contributed by atoms with van der Waals surface area (Å²) in [6.07, 6.45) is 1.92. The number of anilines is 1. The lowest BCUT2D eigenvalue weighted by molar-refractivity contribution is -0.123. The number of rotatable bonds is 5. The number of nitrogens with zero attached hydrogens (tertiary/aromatic N) is 1. The quantitative estimate of drug-likeness (QED) is 0.771. The minimum Gasteiger partial charge on any atom is -0.492 e. The molecule has 0 aromatic heterocycles. The Morgan fingerprint density at radius 1 is 1.47 bits per heavy atom. The summed E-state index contributed by atoms with van der Waals surface area (Å²) >= 11 is 0. The summed E-state index contributed by atoms with van der Waals surface area (Å²) in [4.78, 5) is 13.4. The highest BCUT2D eigenvalue weighted by atomic mass is 16.5. The van der Waals surface area contributed by atoms with E-state index in [1.54, 1.807) is 0 Å². The van der Waals surface area contributed by atoms with Crippen LogP contribution in [-0.4, -0.2) is 37.0 Å². The SMILES string of the molecule is NC(=O)C1CCCN(CCOc2cccc(N)c2)C1. The van der Waals surface area contributed by atoms with E-state index in [1.807, 2.05) is 24.3 Å². The van der Waals surface area contributed by atoms with Gasteiger partial charge in [-0.1, -0.05) is 6.07 Å². The zero-order valence-electron chi connectivity index (χ0n) is 11.0. The van der Waals surface area contributed by atoms with Crippen LogP contribution < -0.4 is 16.2 Å². The molecule has 0 radical (unpaired) electrons. The van der Waals surface area contributed by atoms with Gasteiger partial charge in [0.1, 0.15) is 12.4 Å². The van der Waals surface area contributed by atoms with Gasteiger partial charge in [0.25, 0.3) is 0 Å². The number of nitrogen functional groups attached to an aromatic ring is 1. The third-order valence-electron chi connectivity index (χ3n) is 3.44. The predicted molar refractivity (Wildman–Crippen MR) is 74.7 cm³/mol. The van der Waals surface area contributed by atoms with Crippen LogP contribution in [0.4, 0.5) is 5.69 Å². The van der Waals surface area contributed by atoms with Crippen molar-refractivity contribution >= 4 is 11.6 Å². The monoisotopic (exact) mass is 263 g/mol. The number of carbonyl (C=O) groups is 1. The second-order valence-electron chi connectivity index (χ2n) is 4.96. The smallest absolute Gasteiger partial charge is 0.221 e. The fourth-order valence-electron chi connectivity index (χ4n) is 2.39. The van der Waals surface area contributed by atoms with E-state index in [2.05, 4.69) is 4.90 Å². The number of hydrogen-bond acceptors (Lipinski definition) is 4. The van der Waals surface area contributed by atoms with E-state index in [0.717, 1.165) is 38.2 Å². The topological polar surface area (TPSA) is 81.6 Å². The summed E-state index contributed by atoms with van der Waals surface area (Å²) in [7, 11) is 0. The summed E-state index contributed by atoms with van der Waals surface area (Å²) in [6, 6.07) is 7.39. The van der Waals surface area contributed by atoms with Crippen molar-refractivity contribution in [2.45, 2.75) is 12.8 Å². The van der Waals surface area contributed by atoms with Crippen LogP contribution in [0.1, 0.15) is 12.8 Å². The zero-order chi connectivity index (χ0) is 13.7. The average molecular weight is 263 g/mol. The van der Waals surface area contributed by atoms with Crippen LogP contribution in [0.25, 0.3) is 0 Å². The van der Waals surface area contributed by atoms with Crippen LogP contribution in [0.2, 0.25) is 0 Å². The molecule has 5 heteroatoms. The van der Waals surface area contributed by atoms with Crippen LogP contribution in [0, 0.1) is 5.92 Å². The Morgan fingerprint density at radius 2 is 2.32 bits per heavy atom. The van der Waals surface area contributed by atoms with E-state index in [1.165, 1.54) is 0 Å². The van der Waals surface area contributed by atoms with E-state index in [-0.39, 0.29) is 11.8 Å². The minimum absolute atomic E-state index is 0.0129. The third-order valence-corrected chi connectivity index (χ3v) is 3.44. The molecular weight excluding hydrogens is 242 g/mol. The minimum atomic E-state index is -0.193. The molecule has 1 heterocycles. The highest BCUT2D eigenvalue weighted by molar-refractivity contribution is 5.76. The van der Waals surface area contributed by atoms with Gasteiger partial charge in [0, 0.05) is 24.8 Å². The number of primary amides is 1. The summed E-state index contributed by atoms with van der Waals surface area (Å²) in [6.45, 7) is 3.15. The van der Waals surface area contributed by atoms with Crippen LogP contribution >= 0.6 is 0 Å². The molecule has 0 bridgehead atoms. The fraction of sp³-hybridized carbons (Fsp3) is 0.500. The Morgan fingerprint density at radius 3 is 3.05 bits per heavy atom. The molecule has 1 saturated heterocycles. The lowest BCUT2D eigenvalue weighted by Gasteiger charge is -2.30. The first-order valence-corrected chi connectivity index (χ1v) is 6.65. The van der Waals surface area contributed by atoms with Gasteiger partial charge in [-0.15, -0.1) is 0 Å². The second-order valence-corrected chi connectivity index (χ2v) is 4.96. The predicted octanol–water partition coefficient (Wildman–Crippen LogP) is 0.845. The summed E-state index contributed by atoms with van der Waals surface area (Å²) < 4.78 is 5.65. The third kappa shape index (κ3) is 4.13. The zero-order valence-corrected chi connectivity index (χ0v) is 11.0. The molecule has 0 spiro atoms. The molecule has 1 aliphatic rings. The molecule has 1 amide bonds. The number of nitrogens with two attached hydrogens (primary N) is 2. The van der Waals surface area contributed by atoms with Crippen LogP contribution in [0.5, 0.6) is 5.75 Å². The fourth-order valence-corrected chi connectivity index (χ4v) is 2.39. The number of amides is 1. The van der Waals surface area contributed by atoms with Crippen LogP contribution in [0.15, 0.2) is 24.3 Å². The Kier molecular flexibility index (Phi) is 4.63. The van der Waals surface area contributed by atoms with E-state index in [9.17, 15) is 4.79 Å². The van der Waals surface area contributed by atoms with Gasteiger partial charge in [-0.2, -0.15) is 0 Å². The Labute approximate surface area is 113 Å². The van der Waals surface area contributed by atoms with Crippen LogP contribution in [0.3, 0.4) is 0 Å².